The first kappa shape index (κ1) is 12.7. The van der Waals surface area contributed by atoms with E-state index in [0.29, 0.717) is 0 Å². The third kappa shape index (κ3) is 2.52. The molecule has 2 nitrogen and oxygen atoms in total. The standard InChI is InChI=1S/C15H15NOS2/c1-17-11-7-15(19-9-11)13(16)6-10-8-18-14-5-3-2-4-12(10)14/h2-5,7-9,13H,6,16H2,1H3. The van der Waals surface area contributed by atoms with E-state index in [-0.39, 0.29) is 6.04 Å². The van der Waals surface area contributed by atoms with E-state index in [4.69, 9.17) is 10.5 Å². The van der Waals surface area contributed by atoms with Crippen molar-refractivity contribution in [2.45, 2.75) is 12.5 Å². The number of thiophene rings is 2. The molecule has 2 aromatic heterocycles. The highest BCUT2D eigenvalue weighted by molar-refractivity contribution is 7.17. The number of ether oxygens (including phenoxy) is 1. The summed E-state index contributed by atoms with van der Waals surface area (Å²) in [6.45, 7) is 0. The van der Waals surface area contributed by atoms with Crippen molar-refractivity contribution in [3.8, 4) is 5.75 Å². The zero-order valence-electron chi connectivity index (χ0n) is 10.6. The Morgan fingerprint density at radius 3 is 2.84 bits per heavy atom. The van der Waals surface area contributed by atoms with Crippen LogP contribution >= 0.6 is 22.7 Å². The molecule has 19 heavy (non-hydrogen) atoms. The lowest BCUT2D eigenvalue weighted by molar-refractivity contribution is 0.416. The maximum atomic E-state index is 6.30. The van der Waals surface area contributed by atoms with Crippen LogP contribution in [0.25, 0.3) is 10.1 Å². The molecule has 4 heteroatoms. The number of rotatable bonds is 4. The van der Waals surface area contributed by atoms with Gasteiger partial charge in [0.2, 0.25) is 0 Å². The van der Waals surface area contributed by atoms with Crippen LogP contribution in [0.2, 0.25) is 0 Å². The summed E-state index contributed by atoms with van der Waals surface area (Å²) in [5.41, 5.74) is 7.64. The van der Waals surface area contributed by atoms with Gasteiger partial charge in [-0.25, -0.2) is 0 Å². The fourth-order valence-electron chi connectivity index (χ4n) is 2.16. The van der Waals surface area contributed by atoms with Gasteiger partial charge in [0.25, 0.3) is 0 Å². The molecule has 0 aliphatic carbocycles. The van der Waals surface area contributed by atoms with Crippen molar-refractivity contribution in [2.75, 3.05) is 7.11 Å². The molecule has 3 rings (SSSR count). The zero-order chi connectivity index (χ0) is 13.2. The van der Waals surface area contributed by atoms with E-state index < -0.39 is 0 Å². The number of hydrogen-bond donors (Lipinski definition) is 1. The van der Waals surface area contributed by atoms with E-state index in [9.17, 15) is 0 Å². The molecule has 0 aliphatic rings. The van der Waals surface area contributed by atoms with Crippen molar-refractivity contribution in [1.82, 2.24) is 0 Å². The molecule has 0 aliphatic heterocycles. The zero-order valence-corrected chi connectivity index (χ0v) is 12.3. The summed E-state index contributed by atoms with van der Waals surface area (Å²) in [5.74, 6) is 0.894. The van der Waals surface area contributed by atoms with Crippen LogP contribution in [0.5, 0.6) is 5.75 Å². The average molecular weight is 289 g/mol. The molecular formula is C15H15NOS2. The van der Waals surface area contributed by atoms with Gasteiger partial charge in [0.05, 0.1) is 7.11 Å². The molecule has 0 fully saturated rings. The van der Waals surface area contributed by atoms with Crippen molar-refractivity contribution in [2.24, 2.45) is 5.73 Å². The largest absolute Gasteiger partial charge is 0.496 e. The Kier molecular flexibility index (Phi) is 3.55. The van der Waals surface area contributed by atoms with E-state index in [1.165, 1.54) is 20.5 Å². The lowest BCUT2D eigenvalue weighted by Gasteiger charge is -2.08. The maximum Gasteiger partial charge on any atom is 0.129 e. The summed E-state index contributed by atoms with van der Waals surface area (Å²) in [5, 5.41) is 5.54. The van der Waals surface area contributed by atoms with Crippen LogP contribution in [0.3, 0.4) is 0 Å². The van der Waals surface area contributed by atoms with Crippen molar-refractivity contribution >= 4 is 32.8 Å². The highest BCUT2D eigenvalue weighted by Gasteiger charge is 2.13. The molecule has 3 aromatic rings. The van der Waals surface area contributed by atoms with Gasteiger partial charge in [0.15, 0.2) is 0 Å². The summed E-state index contributed by atoms with van der Waals surface area (Å²) in [7, 11) is 1.68. The molecule has 2 N–H and O–H groups in total. The second-order valence-corrected chi connectivity index (χ2v) is 6.31. The SMILES string of the molecule is COc1csc(C(N)Cc2csc3ccccc23)c1. The van der Waals surface area contributed by atoms with Crippen LogP contribution in [-0.2, 0) is 6.42 Å². The number of nitrogens with two attached hydrogens (primary N) is 1. The fourth-order valence-corrected chi connectivity index (χ4v) is 4.00. The smallest absolute Gasteiger partial charge is 0.129 e. The van der Waals surface area contributed by atoms with Crippen LogP contribution in [0, 0.1) is 0 Å². The van der Waals surface area contributed by atoms with Crippen LogP contribution in [0.1, 0.15) is 16.5 Å². The first-order valence-corrected chi connectivity index (χ1v) is 7.87. The third-order valence-electron chi connectivity index (χ3n) is 3.20. The van der Waals surface area contributed by atoms with Gasteiger partial charge in [0, 0.05) is 21.0 Å². The van der Waals surface area contributed by atoms with Gasteiger partial charge in [-0.15, -0.1) is 22.7 Å². The third-order valence-corrected chi connectivity index (χ3v) is 5.25. The van der Waals surface area contributed by atoms with Crippen molar-refractivity contribution in [1.29, 1.82) is 0 Å². The van der Waals surface area contributed by atoms with E-state index in [0.717, 1.165) is 12.2 Å². The molecule has 1 unspecified atom stereocenters. The molecule has 0 radical (unpaired) electrons. The Hall–Kier alpha value is -1.36. The number of methoxy groups -OCH3 is 1. The van der Waals surface area contributed by atoms with E-state index >= 15 is 0 Å². The van der Waals surface area contributed by atoms with Gasteiger partial charge < -0.3 is 10.5 Å². The molecule has 0 saturated heterocycles. The van der Waals surface area contributed by atoms with Crippen LogP contribution in [-0.4, -0.2) is 7.11 Å². The van der Waals surface area contributed by atoms with Gasteiger partial charge in [0.1, 0.15) is 5.75 Å². The lowest BCUT2D eigenvalue weighted by atomic mass is 10.0. The van der Waals surface area contributed by atoms with E-state index in [1.807, 2.05) is 11.4 Å². The Bertz CT molecular complexity index is 686. The fraction of sp³-hybridized carbons (Fsp3) is 0.200. The summed E-state index contributed by atoms with van der Waals surface area (Å²) in [6.07, 6.45) is 0.869. The van der Waals surface area contributed by atoms with E-state index in [2.05, 4.69) is 29.6 Å². The Balaban J connectivity index is 1.84. The summed E-state index contributed by atoms with van der Waals surface area (Å²) >= 11 is 3.45. The highest BCUT2D eigenvalue weighted by Crippen LogP contribution is 2.31. The molecule has 1 aromatic carbocycles. The number of benzene rings is 1. The predicted molar refractivity (Wildman–Crippen MR) is 83.3 cm³/mol. The van der Waals surface area contributed by atoms with Crippen molar-refractivity contribution < 1.29 is 4.74 Å². The van der Waals surface area contributed by atoms with Gasteiger partial charge in [-0.05, 0) is 34.9 Å². The lowest BCUT2D eigenvalue weighted by Crippen LogP contribution is -2.11. The predicted octanol–water partition coefficient (Wildman–Crippen LogP) is 4.21. The quantitative estimate of drug-likeness (QED) is 0.780. The van der Waals surface area contributed by atoms with Gasteiger partial charge in [-0.3, -0.25) is 0 Å². The second-order valence-electron chi connectivity index (χ2n) is 4.46. The first-order chi connectivity index (χ1) is 9.28. The summed E-state index contributed by atoms with van der Waals surface area (Å²) < 4.78 is 6.53. The van der Waals surface area contributed by atoms with Gasteiger partial charge in [-0.1, -0.05) is 18.2 Å². The maximum absolute atomic E-state index is 6.30. The first-order valence-electron chi connectivity index (χ1n) is 6.11. The summed E-state index contributed by atoms with van der Waals surface area (Å²) in [4.78, 5) is 1.17. The molecular weight excluding hydrogens is 274 g/mol. The van der Waals surface area contributed by atoms with E-state index in [1.54, 1.807) is 29.8 Å². The molecule has 1 atom stereocenters. The molecule has 98 valence electrons. The number of fused-ring (bicyclic) bond motifs is 1. The minimum absolute atomic E-state index is 0.0342. The molecule has 0 saturated carbocycles. The van der Waals surface area contributed by atoms with Gasteiger partial charge >= 0.3 is 0 Å². The average Bonchev–Trinajstić information content (AvgIpc) is 3.06. The Labute approximate surface area is 120 Å². The van der Waals surface area contributed by atoms with Crippen LogP contribution in [0.4, 0.5) is 0 Å². The Morgan fingerprint density at radius 1 is 1.21 bits per heavy atom. The molecule has 0 spiro atoms. The highest BCUT2D eigenvalue weighted by atomic mass is 32.1. The number of hydrogen-bond acceptors (Lipinski definition) is 4. The minimum Gasteiger partial charge on any atom is -0.496 e. The van der Waals surface area contributed by atoms with Crippen molar-refractivity contribution in [3.63, 3.8) is 0 Å². The topological polar surface area (TPSA) is 35.2 Å². The molecule has 2 heterocycles. The van der Waals surface area contributed by atoms with Crippen molar-refractivity contribution in [3.05, 3.63) is 51.5 Å². The van der Waals surface area contributed by atoms with Gasteiger partial charge in [-0.2, -0.15) is 0 Å². The molecule has 0 bridgehead atoms. The minimum atomic E-state index is 0.0342. The molecule has 0 amide bonds. The Morgan fingerprint density at radius 2 is 2.05 bits per heavy atom. The van der Waals surface area contributed by atoms with Crippen LogP contribution < -0.4 is 10.5 Å². The monoisotopic (exact) mass is 289 g/mol. The normalized spacial score (nSPS) is 12.7. The van der Waals surface area contributed by atoms with Crippen LogP contribution in [0.15, 0.2) is 41.1 Å². The summed E-state index contributed by atoms with van der Waals surface area (Å²) in [6, 6.07) is 10.5. The second kappa shape index (κ2) is 5.33.